The molecule has 3 heterocycles. The molecule has 2 N–H and O–H groups in total. The predicted molar refractivity (Wildman–Crippen MR) is 78.1 cm³/mol. The summed E-state index contributed by atoms with van der Waals surface area (Å²) in [5.74, 6) is 0.562. The molecule has 1 atom stereocenters. The van der Waals surface area contributed by atoms with Gasteiger partial charge < -0.3 is 10.4 Å². The van der Waals surface area contributed by atoms with Crippen molar-refractivity contribution in [2.24, 2.45) is 0 Å². The molecular formula is C13H17N5OS. The van der Waals surface area contributed by atoms with Crippen LogP contribution in [-0.2, 0) is 0 Å². The molecule has 0 bridgehead atoms. The minimum absolute atomic E-state index is 0.198. The van der Waals surface area contributed by atoms with Gasteiger partial charge >= 0.3 is 0 Å². The first-order valence-corrected chi connectivity index (χ1v) is 7.59. The van der Waals surface area contributed by atoms with E-state index in [-0.39, 0.29) is 6.61 Å². The van der Waals surface area contributed by atoms with E-state index in [4.69, 9.17) is 5.11 Å². The predicted octanol–water partition coefficient (Wildman–Crippen LogP) is 1.81. The second-order valence-electron chi connectivity index (χ2n) is 4.69. The number of aliphatic hydroxyl groups excluding tert-OH is 1. The lowest BCUT2D eigenvalue weighted by molar-refractivity contribution is 0.184. The van der Waals surface area contributed by atoms with Gasteiger partial charge in [0.15, 0.2) is 5.13 Å². The molecule has 0 spiro atoms. The van der Waals surface area contributed by atoms with Crippen LogP contribution in [0.1, 0.15) is 24.6 Å². The van der Waals surface area contributed by atoms with Crippen LogP contribution in [0.3, 0.4) is 0 Å². The summed E-state index contributed by atoms with van der Waals surface area (Å²) in [6.07, 6.45) is 5.66. The van der Waals surface area contributed by atoms with Gasteiger partial charge in [-0.05, 0) is 25.5 Å². The van der Waals surface area contributed by atoms with Crippen LogP contribution in [-0.4, -0.2) is 44.7 Å². The highest BCUT2D eigenvalue weighted by atomic mass is 32.1. The molecule has 2 aromatic rings. The van der Waals surface area contributed by atoms with Gasteiger partial charge in [0.1, 0.15) is 0 Å². The molecular weight excluding hydrogens is 274 g/mol. The van der Waals surface area contributed by atoms with Crippen molar-refractivity contribution >= 4 is 22.4 Å². The maximum atomic E-state index is 9.10. The van der Waals surface area contributed by atoms with E-state index in [9.17, 15) is 0 Å². The second kappa shape index (κ2) is 6.25. The minimum Gasteiger partial charge on any atom is -0.395 e. The van der Waals surface area contributed by atoms with Crippen LogP contribution >= 0.6 is 11.3 Å². The van der Waals surface area contributed by atoms with Crippen molar-refractivity contribution in [3.63, 3.8) is 0 Å². The number of likely N-dealkylation sites (tertiary alicyclic amines) is 1. The zero-order valence-corrected chi connectivity index (χ0v) is 11.9. The topological polar surface area (TPSA) is 74.2 Å². The van der Waals surface area contributed by atoms with Crippen molar-refractivity contribution in [2.45, 2.75) is 18.9 Å². The Kier molecular flexibility index (Phi) is 4.19. The molecule has 0 saturated carbocycles. The van der Waals surface area contributed by atoms with E-state index in [1.165, 1.54) is 0 Å². The van der Waals surface area contributed by atoms with Crippen molar-refractivity contribution in [1.82, 2.24) is 19.9 Å². The van der Waals surface area contributed by atoms with Gasteiger partial charge in [-0.1, -0.05) is 0 Å². The molecule has 1 aliphatic heterocycles. The zero-order chi connectivity index (χ0) is 13.8. The summed E-state index contributed by atoms with van der Waals surface area (Å²) in [6, 6.07) is 2.11. The molecule has 106 valence electrons. The number of rotatable bonds is 5. The third-order valence-corrected chi connectivity index (χ3v) is 4.17. The van der Waals surface area contributed by atoms with E-state index in [0.717, 1.165) is 30.2 Å². The third-order valence-electron chi connectivity index (χ3n) is 3.40. The van der Waals surface area contributed by atoms with Gasteiger partial charge in [-0.25, -0.2) is 15.0 Å². The Morgan fingerprint density at radius 2 is 2.25 bits per heavy atom. The molecule has 1 aliphatic rings. The fourth-order valence-corrected chi connectivity index (χ4v) is 3.26. The van der Waals surface area contributed by atoms with E-state index < -0.39 is 0 Å². The number of β-amino-alcohol motifs (C(OH)–C–C–N with tert-alkyl or cyclic N) is 1. The summed E-state index contributed by atoms with van der Waals surface area (Å²) < 4.78 is 0. The van der Waals surface area contributed by atoms with Gasteiger partial charge in [0.2, 0.25) is 5.95 Å². The largest absolute Gasteiger partial charge is 0.395 e. The van der Waals surface area contributed by atoms with Crippen LogP contribution in [0.25, 0.3) is 0 Å². The molecule has 7 heteroatoms. The van der Waals surface area contributed by atoms with E-state index in [2.05, 4.69) is 30.5 Å². The Balaban J connectivity index is 1.70. The van der Waals surface area contributed by atoms with Gasteiger partial charge in [-0.2, -0.15) is 0 Å². The number of nitrogens with zero attached hydrogens (tertiary/aromatic N) is 4. The normalized spacial score (nSPS) is 19.4. The molecule has 0 amide bonds. The lowest BCUT2D eigenvalue weighted by Crippen LogP contribution is -2.26. The molecule has 1 saturated heterocycles. The number of anilines is 2. The first-order valence-electron chi connectivity index (χ1n) is 6.71. The molecule has 20 heavy (non-hydrogen) atoms. The van der Waals surface area contributed by atoms with Gasteiger partial charge in [0.05, 0.1) is 18.3 Å². The summed E-state index contributed by atoms with van der Waals surface area (Å²) in [7, 11) is 0. The Morgan fingerprint density at radius 3 is 3.05 bits per heavy atom. The molecule has 3 rings (SSSR count). The van der Waals surface area contributed by atoms with Crippen LogP contribution in [0.4, 0.5) is 11.1 Å². The number of hydrogen-bond acceptors (Lipinski definition) is 7. The molecule has 1 fully saturated rings. The van der Waals surface area contributed by atoms with E-state index >= 15 is 0 Å². The Hall–Kier alpha value is -1.57. The van der Waals surface area contributed by atoms with Crippen LogP contribution in [0, 0.1) is 0 Å². The highest BCUT2D eigenvalue weighted by Crippen LogP contribution is 2.33. The summed E-state index contributed by atoms with van der Waals surface area (Å²) in [6.45, 7) is 1.95. The summed E-state index contributed by atoms with van der Waals surface area (Å²) in [5, 5.41) is 15.1. The van der Waals surface area contributed by atoms with Crippen molar-refractivity contribution in [2.75, 3.05) is 25.0 Å². The van der Waals surface area contributed by atoms with E-state index in [1.54, 1.807) is 29.8 Å². The SMILES string of the molecule is OCCN1CCCC1c1csc(Nc2ncccn2)n1. The number of aliphatic hydroxyl groups is 1. The first kappa shape index (κ1) is 13.4. The standard InChI is InChI=1S/C13H17N5OS/c19-8-7-18-6-1-3-11(18)10-9-20-13(16-10)17-12-14-4-2-5-15-12/h2,4-5,9,11,19H,1,3,6-8H2,(H,14,15,16,17). The van der Waals surface area contributed by atoms with Crippen molar-refractivity contribution in [3.05, 3.63) is 29.5 Å². The Labute approximate surface area is 121 Å². The maximum absolute atomic E-state index is 9.10. The molecule has 0 radical (unpaired) electrons. The average molecular weight is 291 g/mol. The van der Waals surface area contributed by atoms with Gasteiger partial charge in [-0.15, -0.1) is 11.3 Å². The number of hydrogen-bond donors (Lipinski definition) is 2. The quantitative estimate of drug-likeness (QED) is 0.875. The van der Waals surface area contributed by atoms with Gasteiger partial charge in [-0.3, -0.25) is 4.90 Å². The first-order chi connectivity index (χ1) is 9.86. The number of nitrogens with one attached hydrogen (secondary N) is 1. The monoisotopic (exact) mass is 291 g/mol. The summed E-state index contributed by atoms with van der Waals surface area (Å²) >= 11 is 1.56. The maximum Gasteiger partial charge on any atom is 0.228 e. The lowest BCUT2D eigenvalue weighted by Gasteiger charge is -2.21. The highest BCUT2D eigenvalue weighted by Gasteiger charge is 2.27. The summed E-state index contributed by atoms with van der Waals surface area (Å²) in [5.41, 5.74) is 1.07. The Bertz CT molecular complexity index is 547. The Morgan fingerprint density at radius 1 is 1.40 bits per heavy atom. The zero-order valence-electron chi connectivity index (χ0n) is 11.1. The molecule has 0 aromatic carbocycles. The van der Waals surface area contributed by atoms with Gasteiger partial charge in [0, 0.05) is 24.3 Å². The molecule has 2 aromatic heterocycles. The molecule has 1 unspecified atom stereocenters. The third kappa shape index (κ3) is 2.95. The van der Waals surface area contributed by atoms with E-state index in [1.807, 2.05) is 0 Å². The van der Waals surface area contributed by atoms with Crippen molar-refractivity contribution < 1.29 is 5.11 Å². The molecule has 0 aliphatic carbocycles. The number of thiazole rings is 1. The van der Waals surface area contributed by atoms with E-state index in [0.29, 0.717) is 18.5 Å². The second-order valence-corrected chi connectivity index (χ2v) is 5.55. The average Bonchev–Trinajstić information content (AvgIpc) is 3.09. The minimum atomic E-state index is 0.198. The highest BCUT2D eigenvalue weighted by molar-refractivity contribution is 7.13. The van der Waals surface area contributed by atoms with Crippen LogP contribution in [0.2, 0.25) is 0 Å². The van der Waals surface area contributed by atoms with Crippen LogP contribution < -0.4 is 5.32 Å². The molecule has 6 nitrogen and oxygen atoms in total. The van der Waals surface area contributed by atoms with Crippen molar-refractivity contribution in [1.29, 1.82) is 0 Å². The lowest BCUT2D eigenvalue weighted by atomic mass is 10.2. The fourth-order valence-electron chi connectivity index (χ4n) is 2.51. The fraction of sp³-hybridized carbons (Fsp3) is 0.462. The van der Waals surface area contributed by atoms with Crippen LogP contribution in [0.5, 0.6) is 0 Å². The van der Waals surface area contributed by atoms with Gasteiger partial charge in [0.25, 0.3) is 0 Å². The smallest absolute Gasteiger partial charge is 0.228 e. The number of aromatic nitrogens is 3. The summed E-state index contributed by atoms with van der Waals surface area (Å²) in [4.78, 5) is 15.2. The van der Waals surface area contributed by atoms with Crippen LogP contribution in [0.15, 0.2) is 23.8 Å². The van der Waals surface area contributed by atoms with Crippen molar-refractivity contribution in [3.8, 4) is 0 Å².